The molecule has 0 unspecified atom stereocenters. The fraction of sp³-hybridized carbons (Fsp3) is 0.407. The maximum Gasteiger partial charge on any atom is 0.354 e. The summed E-state index contributed by atoms with van der Waals surface area (Å²) in [5.74, 6) is -3.07. The molecular formula is C27H30F2N3O2Pt-. The SMILES string of the molecule is CC(C)(C)c1cc(C(=O)O)nc(C(C)(C)c2cc(C(C)(C)C)cc(-c3[c-]cc(F)nc3F)n2)c1.[Pt]. The van der Waals surface area contributed by atoms with Crippen molar-refractivity contribution in [2.45, 2.75) is 71.6 Å². The predicted molar refractivity (Wildman–Crippen MR) is 127 cm³/mol. The van der Waals surface area contributed by atoms with Gasteiger partial charge in [-0.2, -0.15) is 0 Å². The van der Waals surface area contributed by atoms with Crippen molar-refractivity contribution in [2.75, 3.05) is 0 Å². The fourth-order valence-electron chi connectivity index (χ4n) is 3.49. The van der Waals surface area contributed by atoms with Gasteiger partial charge in [-0.25, -0.2) is 18.6 Å². The van der Waals surface area contributed by atoms with Crippen LogP contribution in [0.1, 0.15) is 88.4 Å². The number of nitrogens with zero attached hydrogens (tertiary/aromatic N) is 3. The van der Waals surface area contributed by atoms with E-state index in [9.17, 15) is 18.7 Å². The topological polar surface area (TPSA) is 76.0 Å². The van der Waals surface area contributed by atoms with Gasteiger partial charge in [0.15, 0.2) is 0 Å². The van der Waals surface area contributed by atoms with E-state index in [1.165, 1.54) is 0 Å². The Balaban J connectivity index is 0.00000432. The van der Waals surface area contributed by atoms with Gasteiger partial charge in [-0.05, 0) is 59.7 Å². The van der Waals surface area contributed by atoms with Crippen LogP contribution in [0.3, 0.4) is 0 Å². The summed E-state index contributed by atoms with van der Waals surface area (Å²) in [7, 11) is 0. The van der Waals surface area contributed by atoms with E-state index in [1.807, 2.05) is 67.5 Å². The quantitative estimate of drug-likeness (QED) is 0.265. The Morgan fingerprint density at radius 3 is 1.83 bits per heavy atom. The molecule has 0 spiro atoms. The molecule has 3 rings (SSSR count). The molecule has 190 valence electrons. The normalized spacial score (nSPS) is 12.3. The monoisotopic (exact) mass is 661 g/mol. The molecule has 0 bridgehead atoms. The standard InChI is InChI=1S/C27H30F2N3O2.Pt/c1-25(2,3)15-11-18(17-9-10-22(28)32-23(17)29)30-20(13-15)27(7,8)21-14-16(26(4,5)6)12-19(31-21)24(33)34;/h10-14H,1-8H3,(H,33,34);/q-1;. The summed E-state index contributed by atoms with van der Waals surface area (Å²) in [5, 5.41) is 9.67. The zero-order chi connectivity index (χ0) is 25.6. The molecule has 3 aromatic heterocycles. The molecule has 35 heavy (non-hydrogen) atoms. The van der Waals surface area contributed by atoms with Crippen molar-refractivity contribution in [2.24, 2.45) is 0 Å². The fourth-order valence-corrected chi connectivity index (χ4v) is 3.49. The van der Waals surface area contributed by atoms with E-state index in [0.29, 0.717) is 11.4 Å². The average Bonchev–Trinajstić information content (AvgIpc) is 2.71. The molecule has 0 radical (unpaired) electrons. The Kier molecular flexibility index (Phi) is 8.08. The molecule has 0 saturated heterocycles. The Morgan fingerprint density at radius 2 is 1.34 bits per heavy atom. The van der Waals surface area contributed by atoms with Crippen molar-refractivity contribution in [3.05, 3.63) is 76.5 Å². The van der Waals surface area contributed by atoms with Crippen molar-refractivity contribution in [3.8, 4) is 11.3 Å². The third-order valence-electron chi connectivity index (χ3n) is 5.89. The Hall–Kier alpha value is -2.53. The maximum atomic E-state index is 14.5. The van der Waals surface area contributed by atoms with Gasteiger partial charge in [0.2, 0.25) is 0 Å². The minimum absolute atomic E-state index is 0. The van der Waals surface area contributed by atoms with Crippen LogP contribution >= 0.6 is 0 Å². The van der Waals surface area contributed by atoms with Crippen molar-refractivity contribution in [1.29, 1.82) is 0 Å². The molecule has 5 nitrogen and oxygen atoms in total. The number of aromatic nitrogens is 3. The molecular weight excluding hydrogens is 631 g/mol. The van der Waals surface area contributed by atoms with Gasteiger partial charge >= 0.3 is 5.97 Å². The van der Waals surface area contributed by atoms with Crippen molar-refractivity contribution in [3.63, 3.8) is 0 Å². The zero-order valence-electron chi connectivity index (χ0n) is 21.2. The van der Waals surface area contributed by atoms with Gasteiger partial charge < -0.3 is 10.1 Å². The molecule has 0 fully saturated rings. The van der Waals surface area contributed by atoms with E-state index in [1.54, 1.807) is 12.1 Å². The van der Waals surface area contributed by atoms with Crippen LogP contribution in [-0.2, 0) is 37.3 Å². The number of carboxylic acid groups (broad SMARTS) is 1. The number of halogens is 2. The van der Waals surface area contributed by atoms with Crippen molar-refractivity contribution < 1.29 is 39.7 Å². The zero-order valence-corrected chi connectivity index (χ0v) is 23.4. The van der Waals surface area contributed by atoms with Gasteiger partial charge in [-0.15, -0.1) is 6.07 Å². The summed E-state index contributed by atoms with van der Waals surface area (Å²) < 4.78 is 27.9. The molecule has 1 N–H and O–H groups in total. The first-order chi connectivity index (χ1) is 15.5. The summed E-state index contributed by atoms with van der Waals surface area (Å²) in [6.45, 7) is 15.9. The van der Waals surface area contributed by atoms with Gasteiger partial charge in [-0.1, -0.05) is 59.2 Å². The van der Waals surface area contributed by atoms with Gasteiger partial charge in [0.25, 0.3) is 0 Å². The van der Waals surface area contributed by atoms with E-state index >= 15 is 0 Å². The van der Waals surface area contributed by atoms with Gasteiger partial charge in [-0.3, -0.25) is 4.98 Å². The third-order valence-corrected chi connectivity index (χ3v) is 5.89. The average molecular weight is 662 g/mol. The van der Waals surface area contributed by atoms with E-state index in [2.05, 4.69) is 16.0 Å². The maximum absolute atomic E-state index is 14.5. The Labute approximate surface area is 219 Å². The predicted octanol–water partition coefficient (Wildman–Crippen LogP) is 6.23. The number of aromatic carboxylic acids is 1. The van der Waals surface area contributed by atoms with Crippen LogP contribution in [0.25, 0.3) is 11.3 Å². The summed E-state index contributed by atoms with van der Waals surface area (Å²) >= 11 is 0. The minimum Gasteiger partial charge on any atom is -0.477 e. The number of carbonyl (C=O) groups is 1. The van der Waals surface area contributed by atoms with E-state index in [-0.39, 0.29) is 48.8 Å². The summed E-state index contributed by atoms with van der Waals surface area (Å²) in [5.41, 5.74) is 1.56. The first-order valence-electron chi connectivity index (χ1n) is 11.0. The molecule has 0 aliphatic rings. The van der Waals surface area contributed by atoms with Crippen LogP contribution in [0.15, 0.2) is 30.3 Å². The number of pyridine rings is 3. The van der Waals surface area contributed by atoms with Crippen molar-refractivity contribution >= 4 is 5.97 Å². The number of carboxylic acids is 1. The molecule has 3 heterocycles. The smallest absolute Gasteiger partial charge is 0.354 e. The number of rotatable bonds is 4. The third kappa shape index (κ3) is 6.19. The van der Waals surface area contributed by atoms with Crippen LogP contribution in [0, 0.1) is 18.0 Å². The van der Waals surface area contributed by atoms with Crippen LogP contribution in [0.2, 0.25) is 0 Å². The van der Waals surface area contributed by atoms with Crippen LogP contribution in [0.5, 0.6) is 0 Å². The van der Waals surface area contributed by atoms with Crippen molar-refractivity contribution in [1.82, 2.24) is 15.0 Å². The summed E-state index contributed by atoms with van der Waals surface area (Å²) in [6.07, 6.45) is 0. The molecule has 0 atom stereocenters. The van der Waals surface area contributed by atoms with E-state index in [0.717, 1.165) is 17.2 Å². The minimum atomic E-state index is -1.12. The summed E-state index contributed by atoms with van der Waals surface area (Å²) in [4.78, 5) is 24.2. The van der Waals surface area contributed by atoms with Crippen LogP contribution in [-0.4, -0.2) is 26.0 Å². The first-order valence-corrected chi connectivity index (χ1v) is 11.0. The second-order valence-electron chi connectivity index (χ2n) is 11.1. The second-order valence-corrected chi connectivity index (χ2v) is 11.1. The Bertz CT molecular complexity index is 1260. The van der Waals surface area contributed by atoms with E-state index < -0.39 is 23.3 Å². The molecule has 0 saturated carbocycles. The first kappa shape index (κ1) is 28.7. The van der Waals surface area contributed by atoms with Gasteiger partial charge in [0, 0.05) is 32.2 Å². The number of hydrogen-bond acceptors (Lipinski definition) is 4. The van der Waals surface area contributed by atoms with Gasteiger partial charge in [0.05, 0.1) is 5.69 Å². The van der Waals surface area contributed by atoms with E-state index in [4.69, 9.17) is 4.98 Å². The largest absolute Gasteiger partial charge is 0.477 e. The second kappa shape index (κ2) is 9.85. The molecule has 0 aliphatic heterocycles. The van der Waals surface area contributed by atoms with Crippen LogP contribution in [0.4, 0.5) is 8.78 Å². The molecule has 0 aromatic carbocycles. The molecule has 0 amide bonds. The Morgan fingerprint density at radius 1 is 0.829 bits per heavy atom. The molecule has 3 aromatic rings. The number of hydrogen-bond donors (Lipinski definition) is 1. The van der Waals surface area contributed by atoms with Gasteiger partial charge in [0.1, 0.15) is 17.6 Å². The van der Waals surface area contributed by atoms with Crippen LogP contribution < -0.4 is 0 Å². The molecule has 8 heteroatoms. The molecule has 0 aliphatic carbocycles. The summed E-state index contributed by atoms with van der Waals surface area (Å²) in [6, 6.07) is 10.7.